The number of amides is 2. The first kappa shape index (κ1) is 21.2. The Morgan fingerprint density at radius 1 is 0.767 bits per heavy atom. The Balaban J connectivity index is 1.84. The van der Waals surface area contributed by atoms with E-state index in [9.17, 15) is 14.4 Å². The number of benzene rings is 2. The lowest BCUT2D eigenvalue weighted by atomic mass is 9.80. The third kappa shape index (κ3) is 4.92. The fraction of sp³-hybridized carbons (Fsp3) is 0.240. The SMILES string of the molecule is CNC(=O)c1ccc(/C=C2/CC(C)C/C(=C\c3ccc(C(=O)NC)cc3)C2=O)cc1. The molecule has 3 rings (SSSR count). The molecular formula is C25H26N2O3. The zero-order valence-electron chi connectivity index (χ0n) is 17.5. The molecule has 5 heteroatoms. The van der Waals surface area contributed by atoms with Crippen LogP contribution in [0, 0.1) is 5.92 Å². The van der Waals surface area contributed by atoms with Gasteiger partial charge in [-0.2, -0.15) is 0 Å². The van der Waals surface area contributed by atoms with Gasteiger partial charge in [-0.1, -0.05) is 31.2 Å². The van der Waals surface area contributed by atoms with Crippen LogP contribution in [0.1, 0.15) is 51.6 Å². The summed E-state index contributed by atoms with van der Waals surface area (Å²) in [4.78, 5) is 36.4. The fourth-order valence-electron chi connectivity index (χ4n) is 3.62. The molecule has 2 N–H and O–H groups in total. The summed E-state index contributed by atoms with van der Waals surface area (Å²) < 4.78 is 0. The summed E-state index contributed by atoms with van der Waals surface area (Å²) in [6, 6.07) is 14.4. The summed E-state index contributed by atoms with van der Waals surface area (Å²) in [5, 5.41) is 5.20. The zero-order valence-corrected chi connectivity index (χ0v) is 17.5. The van der Waals surface area contributed by atoms with Gasteiger partial charge in [0.2, 0.25) is 0 Å². The van der Waals surface area contributed by atoms with E-state index in [1.165, 1.54) is 0 Å². The molecule has 0 spiro atoms. The van der Waals surface area contributed by atoms with Crippen molar-refractivity contribution in [2.75, 3.05) is 14.1 Å². The standard InChI is InChI=1S/C25H26N2O3/c1-16-12-21(14-17-4-8-19(9-5-17)24(29)26-2)23(28)22(13-16)15-18-6-10-20(11-7-18)25(30)27-3/h4-11,14-16H,12-13H2,1-3H3,(H,26,29)(H,27,30)/b21-14-,22-15+. The Morgan fingerprint density at radius 3 is 1.47 bits per heavy atom. The van der Waals surface area contributed by atoms with Gasteiger partial charge in [-0.3, -0.25) is 14.4 Å². The van der Waals surface area contributed by atoms with Gasteiger partial charge in [-0.05, 0) is 66.3 Å². The highest BCUT2D eigenvalue weighted by atomic mass is 16.2. The zero-order chi connectivity index (χ0) is 21.7. The van der Waals surface area contributed by atoms with E-state index in [-0.39, 0.29) is 17.6 Å². The minimum atomic E-state index is -0.135. The lowest BCUT2D eigenvalue weighted by Crippen LogP contribution is -2.18. The number of ketones is 1. The van der Waals surface area contributed by atoms with E-state index in [1.54, 1.807) is 38.4 Å². The first-order valence-electron chi connectivity index (χ1n) is 10.0. The summed E-state index contributed by atoms with van der Waals surface area (Å²) >= 11 is 0. The van der Waals surface area contributed by atoms with E-state index in [0.29, 0.717) is 17.0 Å². The molecule has 1 saturated carbocycles. The van der Waals surface area contributed by atoms with E-state index in [1.807, 2.05) is 36.4 Å². The molecule has 1 fully saturated rings. The molecule has 2 aromatic carbocycles. The molecule has 154 valence electrons. The molecule has 2 aromatic rings. The van der Waals surface area contributed by atoms with Crippen LogP contribution in [-0.4, -0.2) is 31.7 Å². The molecule has 0 bridgehead atoms. The number of carbonyl (C=O) groups is 3. The number of allylic oxidation sites excluding steroid dienone is 2. The molecule has 0 aromatic heterocycles. The third-order valence-corrected chi connectivity index (χ3v) is 5.20. The van der Waals surface area contributed by atoms with Crippen LogP contribution in [0.25, 0.3) is 12.2 Å². The Labute approximate surface area is 176 Å². The van der Waals surface area contributed by atoms with Crippen LogP contribution in [0.15, 0.2) is 59.7 Å². The van der Waals surface area contributed by atoms with Crippen LogP contribution < -0.4 is 10.6 Å². The van der Waals surface area contributed by atoms with Crippen LogP contribution >= 0.6 is 0 Å². The topological polar surface area (TPSA) is 75.3 Å². The molecule has 2 amide bonds. The molecule has 0 aliphatic heterocycles. The minimum absolute atomic E-state index is 0.0545. The molecule has 0 heterocycles. The summed E-state index contributed by atoms with van der Waals surface area (Å²) in [6.07, 6.45) is 5.27. The van der Waals surface area contributed by atoms with E-state index >= 15 is 0 Å². The van der Waals surface area contributed by atoms with Gasteiger partial charge in [0.1, 0.15) is 0 Å². The Bertz CT molecular complexity index is 934. The van der Waals surface area contributed by atoms with Gasteiger partial charge in [0.25, 0.3) is 11.8 Å². The van der Waals surface area contributed by atoms with Crippen LogP contribution in [0.5, 0.6) is 0 Å². The molecule has 5 nitrogen and oxygen atoms in total. The highest BCUT2D eigenvalue weighted by Gasteiger charge is 2.25. The average molecular weight is 402 g/mol. The summed E-state index contributed by atoms with van der Waals surface area (Å²) in [7, 11) is 3.19. The molecular weight excluding hydrogens is 376 g/mol. The quantitative estimate of drug-likeness (QED) is 0.763. The molecule has 1 unspecified atom stereocenters. The Hall–Kier alpha value is -3.47. The van der Waals surface area contributed by atoms with Crippen LogP contribution in [0.4, 0.5) is 0 Å². The molecule has 1 aliphatic carbocycles. The van der Waals surface area contributed by atoms with Crippen molar-refractivity contribution in [3.63, 3.8) is 0 Å². The Morgan fingerprint density at radius 2 is 1.13 bits per heavy atom. The number of hydrogen-bond acceptors (Lipinski definition) is 3. The predicted molar refractivity (Wildman–Crippen MR) is 119 cm³/mol. The van der Waals surface area contributed by atoms with Crippen molar-refractivity contribution in [1.29, 1.82) is 0 Å². The number of carbonyl (C=O) groups excluding carboxylic acids is 3. The van der Waals surface area contributed by atoms with Gasteiger partial charge in [0, 0.05) is 36.4 Å². The monoisotopic (exact) mass is 402 g/mol. The van der Waals surface area contributed by atoms with E-state index in [2.05, 4.69) is 17.6 Å². The number of hydrogen-bond donors (Lipinski definition) is 2. The second-order valence-electron chi connectivity index (χ2n) is 7.58. The van der Waals surface area contributed by atoms with Crippen LogP contribution in [0.3, 0.4) is 0 Å². The highest BCUT2D eigenvalue weighted by Crippen LogP contribution is 2.32. The van der Waals surface area contributed by atoms with Crippen molar-refractivity contribution in [2.45, 2.75) is 19.8 Å². The molecule has 0 saturated heterocycles. The second kappa shape index (κ2) is 9.35. The first-order valence-corrected chi connectivity index (χ1v) is 10.0. The van der Waals surface area contributed by atoms with Gasteiger partial charge in [0.15, 0.2) is 5.78 Å². The molecule has 0 radical (unpaired) electrons. The van der Waals surface area contributed by atoms with Crippen LogP contribution in [-0.2, 0) is 4.79 Å². The average Bonchev–Trinajstić information content (AvgIpc) is 2.76. The Kier molecular flexibility index (Phi) is 6.62. The van der Waals surface area contributed by atoms with Gasteiger partial charge in [0.05, 0.1) is 0 Å². The van der Waals surface area contributed by atoms with Crippen molar-refractivity contribution >= 4 is 29.7 Å². The molecule has 1 aliphatic rings. The van der Waals surface area contributed by atoms with Crippen molar-refractivity contribution in [2.24, 2.45) is 5.92 Å². The fourth-order valence-corrected chi connectivity index (χ4v) is 3.62. The number of rotatable bonds is 4. The molecule has 30 heavy (non-hydrogen) atoms. The maximum absolute atomic E-state index is 13.1. The van der Waals surface area contributed by atoms with Gasteiger partial charge in [-0.25, -0.2) is 0 Å². The van der Waals surface area contributed by atoms with Crippen LogP contribution in [0.2, 0.25) is 0 Å². The minimum Gasteiger partial charge on any atom is -0.355 e. The lowest BCUT2D eigenvalue weighted by molar-refractivity contribution is -0.113. The first-order chi connectivity index (χ1) is 14.4. The second-order valence-corrected chi connectivity index (χ2v) is 7.58. The van der Waals surface area contributed by atoms with Crippen molar-refractivity contribution in [3.05, 3.63) is 81.9 Å². The molecule has 1 atom stereocenters. The maximum atomic E-state index is 13.1. The number of Topliss-reactive ketones (excluding diaryl/α,β-unsaturated/α-hetero) is 1. The number of nitrogens with one attached hydrogen (secondary N) is 2. The normalized spacial score (nSPS) is 19.0. The van der Waals surface area contributed by atoms with Gasteiger partial charge < -0.3 is 10.6 Å². The van der Waals surface area contributed by atoms with Crippen molar-refractivity contribution in [3.8, 4) is 0 Å². The summed E-state index contributed by atoms with van der Waals surface area (Å²) in [5.74, 6) is 0.141. The van der Waals surface area contributed by atoms with Crippen molar-refractivity contribution in [1.82, 2.24) is 10.6 Å². The van der Waals surface area contributed by atoms with E-state index < -0.39 is 0 Å². The predicted octanol–water partition coefficient (Wildman–Crippen LogP) is 3.87. The maximum Gasteiger partial charge on any atom is 0.251 e. The third-order valence-electron chi connectivity index (χ3n) is 5.20. The lowest BCUT2D eigenvalue weighted by Gasteiger charge is -2.22. The summed E-state index contributed by atoms with van der Waals surface area (Å²) in [5.41, 5.74) is 4.51. The van der Waals surface area contributed by atoms with Gasteiger partial charge in [-0.15, -0.1) is 0 Å². The largest absolute Gasteiger partial charge is 0.355 e. The van der Waals surface area contributed by atoms with Gasteiger partial charge >= 0.3 is 0 Å². The smallest absolute Gasteiger partial charge is 0.251 e. The van der Waals surface area contributed by atoms with E-state index in [0.717, 1.165) is 35.1 Å². The summed E-state index contributed by atoms with van der Waals surface area (Å²) in [6.45, 7) is 2.14. The highest BCUT2D eigenvalue weighted by molar-refractivity contribution is 6.14. The van der Waals surface area contributed by atoms with E-state index in [4.69, 9.17) is 0 Å². The van der Waals surface area contributed by atoms with Crippen molar-refractivity contribution < 1.29 is 14.4 Å².